The summed E-state index contributed by atoms with van der Waals surface area (Å²) < 4.78 is 15.5. The van der Waals surface area contributed by atoms with Crippen molar-refractivity contribution in [1.82, 2.24) is 25.3 Å². The Hall–Kier alpha value is -3.00. The fourth-order valence-electron chi connectivity index (χ4n) is 3.23. The Labute approximate surface area is 149 Å². The maximum atomic E-state index is 13.5. The topological polar surface area (TPSA) is 102 Å². The van der Waals surface area contributed by atoms with Gasteiger partial charge in [0.2, 0.25) is 0 Å². The van der Waals surface area contributed by atoms with E-state index in [1.807, 2.05) is 10.9 Å². The standard InChI is InChI=1S/C18H19FN6O/c19-12-1-2-17(26)15(7-12)16-8-14(18(20)24-23-16)11-9-22-25(10-11)13-3-5-21-6-4-13/h1-2,7-10,13,21,26H,3-6H2,(H2,20,24). The van der Waals surface area contributed by atoms with Gasteiger partial charge in [0.05, 0.1) is 17.9 Å². The molecule has 0 saturated carbocycles. The minimum Gasteiger partial charge on any atom is -0.507 e. The number of aromatic hydroxyl groups is 1. The lowest BCUT2D eigenvalue weighted by atomic mass is 10.1. The average Bonchev–Trinajstić information content (AvgIpc) is 3.15. The van der Waals surface area contributed by atoms with Crippen molar-refractivity contribution in [3.63, 3.8) is 0 Å². The molecule has 1 fully saturated rings. The van der Waals surface area contributed by atoms with Crippen molar-refractivity contribution in [3.8, 4) is 28.1 Å². The van der Waals surface area contributed by atoms with Crippen molar-refractivity contribution < 1.29 is 9.50 Å². The van der Waals surface area contributed by atoms with E-state index in [9.17, 15) is 9.50 Å². The molecule has 3 aromatic rings. The second kappa shape index (κ2) is 6.72. The number of nitrogens with two attached hydrogens (primary N) is 1. The van der Waals surface area contributed by atoms with E-state index >= 15 is 0 Å². The summed E-state index contributed by atoms with van der Waals surface area (Å²) in [5.41, 5.74) is 8.08. The molecule has 1 aromatic carbocycles. The molecule has 4 rings (SSSR count). The van der Waals surface area contributed by atoms with Crippen LogP contribution in [0.4, 0.5) is 10.2 Å². The van der Waals surface area contributed by atoms with Gasteiger partial charge in [0.25, 0.3) is 0 Å². The Bertz CT molecular complexity index is 935. The highest BCUT2D eigenvalue weighted by molar-refractivity contribution is 5.78. The van der Waals surface area contributed by atoms with Gasteiger partial charge < -0.3 is 16.2 Å². The molecular weight excluding hydrogens is 335 g/mol. The normalized spacial score (nSPS) is 15.3. The van der Waals surface area contributed by atoms with E-state index in [1.165, 1.54) is 18.2 Å². The molecule has 0 amide bonds. The van der Waals surface area contributed by atoms with E-state index in [0.29, 0.717) is 17.3 Å². The number of phenols is 1. The van der Waals surface area contributed by atoms with Gasteiger partial charge in [-0.25, -0.2) is 4.39 Å². The average molecular weight is 354 g/mol. The van der Waals surface area contributed by atoms with Crippen molar-refractivity contribution >= 4 is 5.82 Å². The van der Waals surface area contributed by atoms with Gasteiger partial charge in [-0.3, -0.25) is 4.68 Å². The van der Waals surface area contributed by atoms with Crippen LogP contribution in [0.25, 0.3) is 22.4 Å². The molecule has 2 aromatic heterocycles. The van der Waals surface area contributed by atoms with Gasteiger partial charge in [0.1, 0.15) is 11.6 Å². The quantitative estimate of drug-likeness (QED) is 0.667. The fourth-order valence-corrected chi connectivity index (χ4v) is 3.23. The highest BCUT2D eigenvalue weighted by Gasteiger charge is 2.18. The third-order valence-corrected chi connectivity index (χ3v) is 4.65. The molecule has 0 atom stereocenters. The number of nitrogen functional groups attached to an aromatic ring is 1. The number of halogens is 1. The zero-order chi connectivity index (χ0) is 18.1. The minimum atomic E-state index is -0.461. The van der Waals surface area contributed by atoms with Crippen LogP contribution in [0.1, 0.15) is 18.9 Å². The Kier molecular flexibility index (Phi) is 4.26. The van der Waals surface area contributed by atoms with Crippen molar-refractivity contribution in [1.29, 1.82) is 0 Å². The van der Waals surface area contributed by atoms with Crippen molar-refractivity contribution in [2.75, 3.05) is 18.8 Å². The summed E-state index contributed by atoms with van der Waals surface area (Å²) in [5.74, 6) is -0.270. The second-order valence-electron chi connectivity index (χ2n) is 6.38. The van der Waals surface area contributed by atoms with Gasteiger partial charge >= 0.3 is 0 Å². The highest BCUT2D eigenvalue weighted by atomic mass is 19.1. The summed E-state index contributed by atoms with van der Waals surface area (Å²) in [6.45, 7) is 1.95. The smallest absolute Gasteiger partial charge is 0.154 e. The molecule has 1 aliphatic heterocycles. The third kappa shape index (κ3) is 3.11. The number of nitrogens with one attached hydrogen (secondary N) is 1. The number of anilines is 1. The maximum absolute atomic E-state index is 13.5. The predicted octanol–water partition coefficient (Wildman–Crippen LogP) is 2.36. The highest BCUT2D eigenvalue weighted by Crippen LogP contribution is 2.33. The molecule has 1 aliphatic rings. The number of piperidine rings is 1. The summed E-state index contributed by atoms with van der Waals surface area (Å²) in [7, 11) is 0. The molecular formula is C18H19FN6O. The van der Waals surface area contributed by atoms with Crippen LogP contribution in [-0.4, -0.2) is 38.2 Å². The summed E-state index contributed by atoms with van der Waals surface area (Å²) in [4.78, 5) is 0. The van der Waals surface area contributed by atoms with Gasteiger partial charge in [-0.2, -0.15) is 5.10 Å². The molecule has 0 bridgehead atoms. The van der Waals surface area contributed by atoms with Crippen LogP contribution in [0, 0.1) is 5.82 Å². The molecule has 26 heavy (non-hydrogen) atoms. The second-order valence-corrected chi connectivity index (χ2v) is 6.38. The van der Waals surface area contributed by atoms with Crippen LogP contribution in [0.3, 0.4) is 0 Å². The summed E-state index contributed by atoms with van der Waals surface area (Å²) in [5, 5.41) is 25.8. The van der Waals surface area contributed by atoms with Crippen LogP contribution in [0.5, 0.6) is 5.75 Å². The first-order chi connectivity index (χ1) is 12.6. The number of aromatic nitrogens is 4. The lowest BCUT2D eigenvalue weighted by Crippen LogP contribution is -2.29. The van der Waals surface area contributed by atoms with E-state index < -0.39 is 5.82 Å². The van der Waals surface area contributed by atoms with Gasteiger partial charge in [0.15, 0.2) is 5.82 Å². The van der Waals surface area contributed by atoms with Gasteiger partial charge in [-0.15, -0.1) is 10.2 Å². The van der Waals surface area contributed by atoms with Gasteiger partial charge in [-0.1, -0.05) is 0 Å². The van der Waals surface area contributed by atoms with Crippen LogP contribution >= 0.6 is 0 Å². The molecule has 1 saturated heterocycles. The van der Waals surface area contributed by atoms with Crippen molar-refractivity contribution in [3.05, 3.63) is 42.5 Å². The van der Waals surface area contributed by atoms with E-state index in [-0.39, 0.29) is 17.1 Å². The van der Waals surface area contributed by atoms with Crippen LogP contribution in [0.15, 0.2) is 36.7 Å². The lowest BCUT2D eigenvalue weighted by Gasteiger charge is -2.22. The molecule has 4 N–H and O–H groups in total. The SMILES string of the molecule is Nc1nnc(-c2cc(F)ccc2O)cc1-c1cnn(C2CCNCC2)c1. The molecule has 0 spiro atoms. The van der Waals surface area contributed by atoms with E-state index in [0.717, 1.165) is 31.5 Å². The number of phenolic OH excluding ortho intramolecular Hbond substituents is 1. The number of rotatable bonds is 3. The number of hydrogen-bond acceptors (Lipinski definition) is 6. The third-order valence-electron chi connectivity index (χ3n) is 4.65. The van der Waals surface area contributed by atoms with E-state index in [2.05, 4.69) is 20.6 Å². The van der Waals surface area contributed by atoms with Crippen LogP contribution in [0.2, 0.25) is 0 Å². The monoisotopic (exact) mass is 354 g/mol. The number of hydrogen-bond donors (Lipinski definition) is 3. The Morgan fingerprint density at radius 2 is 1.96 bits per heavy atom. The Morgan fingerprint density at radius 3 is 2.77 bits per heavy atom. The molecule has 0 radical (unpaired) electrons. The molecule has 7 nitrogen and oxygen atoms in total. The van der Waals surface area contributed by atoms with Gasteiger partial charge in [-0.05, 0) is 50.2 Å². The van der Waals surface area contributed by atoms with E-state index in [4.69, 9.17) is 5.73 Å². The molecule has 134 valence electrons. The summed E-state index contributed by atoms with van der Waals surface area (Å²) in [6, 6.07) is 5.75. The zero-order valence-corrected chi connectivity index (χ0v) is 14.1. The zero-order valence-electron chi connectivity index (χ0n) is 14.1. The van der Waals surface area contributed by atoms with Gasteiger partial charge in [0, 0.05) is 22.9 Å². The Balaban J connectivity index is 1.71. The van der Waals surface area contributed by atoms with Crippen LogP contribution in [-0.2, 0) is 0 Å². The fraction of sp³-hybridized carbons (Fsp3) is 0.278. The molecule has 8 heteroatoms. The molecule has 0 unspecified atom stereocenters. The first-order valence-electron chi connectivity index (χ1n) is 8.49. The molecule has 3 heterocycles. The first kappa shape index (κ1) is 16.5. The van der Waals surface area contributed by atoms with Crippen molar-refractivity contribution in [2.45, 2.75) is 18.9 Å². The predicted molar refractivity (Wildman–Crippen MR) is 95.9 cm³/mol. The minimum absolute atomic E-state index is 0.0678. The largest absolute Gasteiger partial charge is 0.507 e. The summed E-state index contributed by atoms with van der Waals surface area (Å²) >= 11 is 0. The molecule has 0 aliphatic carbocycles. The van der Waals surface area contributed by atoms with E-state index in [1.54, 1.807) is 12.3 Å². The first-order valence-corrected chi connectivity index (χ1v) is 8.49. The maximum Gasteiger partial charge on any atom is 0.154 e. The Morgan fingerprint density at radius 1 is 1.15 bits per heavy atom. The number of benzene rings is 1. The van der Waals surface area contributed by atoms with Crippen LogP contribution < -0.4 is 11.1 Å². The number of nitrogens with zero attached hydrogens (tertiary/aromatic N) is 4. The van der Waals surface area contributed by atoms with Crippen molar-refractivity contribution in [2.24, 2.45) is 0 Å². The lowest BCUT2D eigenvalue weighted by molar-refractivity contribution is 0.343. The summed E-state index contributed by atoms with van der Waals surface area (Å²) in [6.07, 6.45) is 5.73.